The molecule has 0 spiro atoms. The van der Waals surface area contributed by atoms with Crippen molar-refractivity contribution in [3.63, 3.8) is 0 Å². The van der Waals surface area contributed by atoms with Crippen molar-refractivity contribution in [2.45, 2.75) is 32.4 Å². The SMILES string of the molecule is CC1(C)C(N)CC1NC(=O)c1cc(O)ccc1Cl. The van der Waals surface area contributed by atoms with Crippen molar-refractivity contribution in [3.05, 3.63) is 28.8 Å². The van der Waals surface area contributed by atoms with E-state index in [2.05, 4.69) is 5.32 Å². The van der Waals surface area contributed by atoms with Crippen LogP contribution in [0.3, 0.4) is 0 Å². The first kappa shape index (κ1) is 13.2. The molecule has 2 rings (SSSR count). The van der Waals surface area contributed by atoms with Crippen LogP contribution in [-0.2, 0) is 0 Å². The molecule has 2 atom stereocenters. The lowest BCUT2D eigenvalue weighted by molar-refractivity contribution is 0.0586. The summed E-state index contributed by atoms with van der Waals surface area (Å²) in [5.74, 6) is -0.255. The Bertz CT molecular complexity index is 488. The number of hydrogen-bond acceptors (Lipinski definition) is 3. The van der Waals surface area contributed by atoms with Crippen molar-refractivity contribution >= 4 is 17.5 Å². The molecule has 4 N–H and O–H groups in total. The fourth-order valence-electron chi connectivity index (χ4n) is 2.13. The number of rotatable bonds is 2. The summed E-state index contributed by atoms with van der Waals surface area (Å²) in [6.45, 7) is 4.05. The highest BCUT2D eigenvalue weighted by atomic mass is 35.5. The minimum Gasteiger partial charge on any atom is -0.508 e. The first-order chi connectivity index (χ1) is 8.32. The topological polar surface area (TPSA) is 75.3 Å². The minimum absolute atomic E-state index is 0.0223. The fourth-order valence-corrected chi connectivity index (χ4v) is 2.33. The number of nitrogens with one attached hydrogen (secondary N) is 1. The Morgan fingerprint density at radius 2 is 2.22 bits per heavy atom. The number of benzene rings is 1. The van der Waals surface area contributed by atoms with Crippen molar-refractivity contribution in [1.29, 1.82) is 0 Å². The van der Waals surface area contributed by atoms with E-state index >= 15 is 0 Å². The van der Waals surface area contributed by atoms with Gasteiger partial charge in [-0.05, 0) is 24.6 Å². The van der Waals surface area contributed by atoms with E-state index in [4.69, 9.17) is 17.3 Å². The maximum Gasteiger partial charge on any atom is 0.253 e. The first-order valence-corrected chi connectivity index (χ1v) is 6.25. The molecule has 1 aromatic rings. The van der Waals surface area contributed by atoms with Gasteiger partial charge in [0.05, 0.1) is 10.6 Å². The molecule has 98 valence electrons. The van der Waals surface area contributed by atoms with Gasteiger partial charge in [0.2, 0.25) is 0 Å². The lowest BCUT2D eigenvalue weighted by atomic mass is 9.63. The maximum atomic E-state index is 12.1. The molecule has 1 saturated carbocycles. The Hall–Kier alpha value is -1.26. The summed E-state index contributed by atoms with van der Waals surface area (Å²) in [7, 11) is 0. The van der Waals surface area contributed by atoms with E-state index < -0.39 is 0 Å². The zero-order valence-electron chi connectivity index (χ0n) is 10.4. The van der Waals surface area contributed by atoms with Crippen LogP contribution in [0.2, 0.25) is 5.02 Å². The molecule has 2 unspecified atom stereocenters. The van der Waals surface area contributed by atoms with Crippen LogP contribution in [-0.4, -0.2) is 23.1 Å². The normalized spacial score (nSPS) is 25.3. The number of phenolic OH excluding ortho intramolecular Hbond substituents is 1. The van der Waals surface area contributed by atoms with Gasteiger partial charge >= 0.3 is 0 Å². The number of hydrogen-bond donors (Lipinski definition) is 3. The third-order valence-corrected chi connectivity index (χ3v) is 4.17. The summed E-state index contributed by atoms with van der Waals surface area (Å²) >= 11 is 5.94. The highest BCUT2D eigenvalue weighted by molar-refractivity contribution is 6.33. The number of carbonyl (C=O) groups excluding carboxylic acids is 1. The summed E-state index contributed by atoms with van der Waals surface area (Å²) in [5.41, 5.74) is 6.07. The van der Waals surface area contributed by atoms with Crippen LogP contribution < -0.4 is 11.1 Å². The van der Waals surface area contributed by atoms with E-state index in [0.717, 1.165) is 6.42 Å². The summed E-state index contributed by atoms with van der Waals surface area (Å²) < 4.78 is 0. The standard InChI is InChI=1S/C13H17ClN2O2/c1-13(2)10(15)6-11(13)16-12(18)8-5-7(17)3-4-9(8)14/h3-5,10-11,17H,6,15H2,1-2H3,(H,16,18). The lowest BCUT2D eigenvalue weighted by Crippen LogP contribution is -2.64. The van der Waals surface area contributed by atoms with Crippen LogP contribution in [0.5, 0.6) is 5.75 Å². The third kappa shape index (κ3) is 2.18. The molecule has 4 nitrogen and oxygen atoms in total. The van der Waals surface area contributed by atoms with Crippen molar-refractivity contribution in [1.82, 2.24) is 5.32 Å². The third-order valence-electron chi connectivity index (χ3n) is 3.84. The van der Waals surface area contributed by atoms with Gasteiger partial charge in [0.15, 0.2) is 0 Å². The van der Waals surface area contributed by atoms with Gasteiger partial charge in [0.25, 0.3) is 5.91 Å². The zero-order chi connectivity index (χ0) is 13.5. The number of amides is 1. The summed E-state index contributed by atoms with van der Waals surface area (Å²) in [6.07, 6.45) is 0.759. The highest BCUT2D eigenvalue weighted by Gasteiger charge is 2.46. The number of nitrogens with two attached hydrogens (primary N) is 1. The predicted molar refractivity (Wildman–Crippen MR) is 70.7 cm³/mol. The number of aromatic hydroxyl groups is 1. The average Bonchev–Trinajstić information content (AvgIpc) is 2.31. The van der Waals surface area contributed by atoms with E-state index in [9.17, 15) is 9.90 Å². The molecule has 1 aliphatic rings. The van der Waals surface area contributed by atoms with Gasteiger partial charge in [0, 0.05) is 17.5 Å². The maximum absolute atomic E-state index is 12.1. The van der Waals surface area contributed by atoms with Crippen LogP contribution in [0.15, 0.2) is 18.2 Å². The van der Waals surface area contributed by atoms with Gasteiger partial charge in [-0.15, -0.1) is 0 Å². The predicted octanol–water partition coefficient (Wildman–Crippen LogP) is 1.90. The largest absolute Gasteiger partial charge is 0.508 e. The average molecular weight is 269 g/mol. The van der Waals surface area contributed by atoms with Crippen LogP contribution in [0, 0.1) is 5.41 Å². The van der Waals surface area contributed by atoms with Gasteiger partial charge in [-0.2, -0.15) is 0 Å². The van der Waals surface area contributed by atoms with Crippen molar-refractivity contribution < 1.29 is 9.90 Å². The molecule has 0 radical (unpaired) electrons. The highest BCUT2D eigenvalue weighted by Crippen LogP contribution is 2.39. The first-order valence-electron chi connectivity index (χ1n) is 5.87. The van der Waals surface area contributed by atoms with Crippen molar-refractivity contribution in [3.8, 4) is 5.75 Å². The molecule has 0 bridgehead atoms. The van der Waals surface area contributed by atoms with E-state index in [0.29, 0.717) is 5.02 Å². The van der Waals surface area contributed by atoms with Crippen molar-refractivity contribution in [2.24, 2.45) is 11.1 Å². The Morgan fingerprint density at radius 3 is 2.78 bits per heavy atom. The molecular weight excluding hydrogens is 252 g/mol. The summed E-state index contributed by atoms with van der Waals surface area (Å²) in [5, 5.41) is 12.6. The second-order valence-electron chi connectivity index (χ2n) is 5.35. The molecule has 0 aliphatic heterocycles. The van der Waals surface area contributed by atoms with Crippen LogP contribution in [0.4, 0.5) is 0 Å². The molecule has 5 heteroatoms. The molecule has 0 aromatic heterocycles. The number of carbonyl (C=O) groups is 1. The summed E-state index contributed by atoms with van der Waals surface area (Å²) in [4.78, 5) is 12.1. The van der Waals surface area contributed by atoms with Crippen LogP contribution in [0.25, 0.3) is 0 Å². The minimum atomic E-state index is -0.277. The lowest BCUT2D eigenvalue weighted by Gasteiger charge is -2.50. The van der Waals surface area contributed by atoms with Crippen molar-refractivity contribution in [2.75, 3.05) is 0 Å². The monoisotopic (exact) mass is 268 g/mol. The second-order valence-corrected chi connectivity index (χ2v) is 5.76. The zero-order valence-corrected chi connectivity index (χ0v) is 11.2. The smallest absolute Gasteiger partial charge is 0.253 e. The Morgan fingerprint density at radius 1 is 1.56 bits per heavy atom. The molecule has 1 fully saturated rings. The van der Waals surface area contributed by atoms with Crippen LogP contribution in [0.1, 0.15) is 30.6 Å². The number of halogens is 1. The van der Waals surface area contributed by atoms with Crippen LogP contribution >= 0.6 is 11.6 Å². The van der Waals surface area contributed by atoms with Gasteiger partial charge < -0.3 is 16.2 Å². The molecule has 1 aliphatic carbocycles. The van der Waals surface area contributed by atoms with E-state index in [1.54, 1.807) is 0 Å². The van der Waals surface area contributed by atoms with E-state index in [-0.39, 0.29) is 34.7 Å². The molecule has 0 saturated heterocycles. The Balaban J connectivity index is 2.12. The molecule has 18 heavy (non-hydrogen) atoms. The molecule has 0 heterocycles. The molecule has 1 amide bonds. The Kier molecular flexibility index (Phi) is 3.25. The molecular formula is C13H17ClN2O2. The van der Waals surface area contributed by atoms with Gasteiger partial charge in [-0.3, -0.25) is 4.79 Å². The number of phenols is 1. The van der Waals surface area contributed by atoms with E-state index in [1.165, 1.54) is 18.2 Å². The van der Waals surface area contributed by atoms with Gasteiger partial charge in [-0.25, -0.2) is 0 Å². The van der Waals surface area contributed by atoms with Gasteiger partial charge in [0.1, 0.15) is 5.75 Å². The fraction of sp³-hybridized carbons (Fsp3) is 0.462. The molecule has 1 aromatic carbocycles. The summed E-state index contributed by atoms with van der Waals surface area (Å²) in [6, 6.07) is 4.45. The van der Waals surface area contributed by atoms with Gasteiger partial charge in [-0.1, -0.05) is 25.4 Å². The van der Waals surface area contributed by atoms with E-state index in [1.807, 2.05) is 13.8 Å². The second kappa shape index (κ2) is 4.44. The quantitative estimate of drug-likeness (QED) is 0.767. The Labute approximate surface area is 111 Å².